The minimum atomic E-state index is -0.446. The van der Waals surface area contributed by atoms with Gasteiger partial charge in [0.15, 0.2) is 5.82 Å². The van der Waals surface area contributed by atoms with Crippen molar-refractivity contribution in [3.8, 4) is 73.0 Å². The summed E-state index contributed by atoms with van der Waals surface area (Å²) < 4.78 is 2.35. The van der Waals surface area contributed by atoms with E-state index in [1.807, 2.05) is 6.07 Å². The fraction of sp³-hybridized carbons (Fsp3) is 0.0159. The van der Waals surface area contributed by atoms with E-state index < -0.39 is 5.41 Å². The van der Waals surface area contributed by atoms with Crippen molar-refractivity contribution in [1.29, 1.82) is 0 Å². The van der Waals surface area contributed by atoms with Crippen molar-refractivity contribution in [1.82, 2.24) is 14.5 Å². The molecule has 2 heterocycles. The summed E-state index contributed by atoms with van der Waals surface area (Å²) in [6, 6.07) is 86.1. The second-order valence-corrected chi connectivity index (χ2v) is 17.6. The van der Waals surface area contributed by atoms with Crippen molar-refractivity contribution in [2.24, 2.45) is 0 Å². The molecule has 0 aliphatic heterocycles. The van der Waals surface area contributed by atoms with Gasteiger partial charge in [-0.1, -0.05) is 200 Å². The summed E-state index contributed by atoms with van der Waals surface area (Å²) in [6.45, 7) is 0. The molecule has 3 nitrogen and oxygen atoms in total. The summed E-state index contributed by atoms with van der Waals surface area (Å²) >= 11 is 0. The quantitative estimate of drug-likeness (QED) is 0.173. The highest BCUT2D eigenvalue weighted by molar-refractivity contribution is 6.10. The molecular weight excluding hydrogens is 799 g/mol. The highest BCUT2D eigenvalue weighted by atomic mass is 15.0. The molecule has 306 valence electrons. The van der Waals surface area contributed by atoms with Gasteiger partial charge in [-0.2, -0.15) is 0 Å². The average Bonchev–Trinajstić information content (AvgIpc) is 4.01. The van der Waals surface area contributed by atoms with Crippen LogP contribution in [0.2, 0.25) is 0 Å². The van der Waals surface area contributed by atoms with Crippen molar-refractivity contribution in [3.63, 3.8) is 0 Å². The van der Waals surface area contributed by atoms with Gasteiger partial charge in [0.2, 0.25) is 0 Å². The largest absolute Gasteiger partial charge is 0.309 e. The van der Waals surface area contributed by atoms with Crippen molar-refractivity contribution in [2.75, 3.05) is 0 Å². The van der Waals surface area contributed by atoms with Crippen LogP contribution in [-0.2, 0) is 5.41 Å². The van der Waals surface area contributed by atoms with E-state index in [2.05, 4.69) is 235 Å². The van der Waals surface area contributed by atoms with Gasteiger partial charge in [-0.05, 0) is 103 Å². The Kier molecular flexibility index (Phi) is 7.90. The van der Waals surface area contributed by atoms with Gasteiger partial charge < -0.3 is 4.57 Å². The van der Waals surface area contributed by atoms with Crippen LogP contribution in [-0.4, -0.2) is 14.5 Å². The molecule has 0 saturated carbocycles. The highest BCUT2D eigenvalue weighted by Gasteiger charge is 2.53. The fourth-order valence-corrected chi connectivity index (χ4v) is 11.5. The minimum absolute atomic E-state index is 0.446. The van der Waals surface area contributed by atoms with Crippen LogP contribution in [0.4, 0.5) is 0 Å². The third-order valence-electron chi connectivity index (χ3n) is 14.2. The van der Waals surface area contributed by atoms with Crippen LogP contribution >= 0.6 is 0 Å². The molecule has 0 unspecified atom stereocenters. The Bertz CT molecular complexity index is 3820. The molecule has 0 amide bonds. The molecule has 0 saturated heterocycles. The van der Waals surface area contributed by atoms with E-state index in [1.165, 1.54) is 82.6 Å². The molecule has 1 spiro atoms. The Labute approximate surface area is 382 Å². The standard InChI is InChI=1S/C63H39N3/c1-2-16-41(17-3-1)56-39-57(42-34-36-45(37-35-42)66-58-28-14-9-22-49(58)50-23-10-15-29-59(50)66)65-62(64-56)43-32-30-40(31-33-43)52-38-44-18-4-5-19-46(44)61-60(52)51-24-8-13-27-55(51)63(61)53-25-11-6-20-47(53)48-21-7-12-26-54(48)63/h1-39H. The summed E-state index contributed by atoms with van der Waals surface area (Å²) in [4.78, 5) is 10.5. The zero-order chi connectivity index (χ0) is 43.3. The Morgan fingerprint density at radius 1 is 0.333 bits per heavy atom. The van der Waals surface area contributed by atoms with E-state index in [1.54, 1.807) is 0 Å². The molecule has 0 N–H and O–H groups in total. The Balaban J connectivity index is 0.914. The van der Waals surface area contributed by atoms with Crippen molar-refractivity contribution < 1.29 is 0 Å². The van der Waals surface area contributed by atoms with Gasteiger partial charge in [0.05, 0.1) is 27.8 Å². The predicted molar refractivity (Wildman–Crippen MR) is 272 cm³/mol. The second kappa shape index (κ2) is 14.2. The molecule has 0 atom stereocenters. The van der Waals surface area contributed by atoms with E-state index in [-0.39, 0.29) is 0 Å². The maximum atomic E-state index is 5.30. The molecule has 3 heteroatoms. The van der Waals surface area contributed by atoms with E-state index in [9.17, 15) is 0 Å². The lowest BCUT2D eigenvalue weighted by Crippen LogP contribution is -2.26. The highest BCUT2D eigenvalue weighted by Crippen LogP contribution is 2.65. The first-order valence-electron chi connectivity index (χ1n) is 22.7. The molecule has 2 aliphatic carbocycles. The van der Waals surface area contributed by atoms with Crippen LogP contribution in [0.15, 0.2) is 237 Å². The summed E-state index contributed by atoms with van der Waals surface area (Å²) in [7, 11) is 0. The van der Waals surface area contributed by atoms with Crippen molar-refractivity contribution in [3.05, 3.63) is 259 Å². The van der Waals surface area contributed by atoms with Crippen molar-refractivity contribution >= 4 is 32.6 Å². The predicted octanol–water partition coefficient (Wildman–Crippen LogP) is 15.7. The topological polar surface area (TPSA) is 30.7 Å². The number of nitrogens with zero attached hydrogens (tertiary/aromatic N) is 3. The zero-order valence-electron chi connectivity index (χ0n) is 35.9. The summed E-state index contributed by atoms with van der Waals surface area (Å²) in [6.07, 6.45) is 0. The molecule has 2 aromatic heterocycles. The van der Waals surface area contributed by atoms with E-state index in [4.69, 9.17) is 9.97 Å². The van der Waals surface area contributed by atoms with Crippen LogP contribution in [0.3, 0.4) is 0 Å². The molecule has 10 aromatic carbocycles. The fourth-order valence-electron chi connectivity index (χ4n) is 11.5. The lowest BCUT2D eigenvalue weighted by Gasteiger charge is -2.31. The summed E-state index contributed by atoms with van der Waals surface area (Å²) in [5.74, 6) is 0.691. The lowest BCUT2D eigenvalue weighted by molar-refractivity contribution is 0.801. The van der Waals surface area contributed by atoms with Gasteiger partial charge in [-0.3, -0.25) is 0 Å². The molecule has 12 aromatic rings. The van der Waals surface area contributed by atoms with Gasteiger partial charge >= 0.3 is 0 Å². The third kappa shape index (κ3) is 5.20. The van der Waals surface area contributed by atoms with Gasteiger partial charge in [0, 0.05) is 33.2 Å². The molecule has 2 aliphatic rings. The van der Waals surface area contributed by atoms with Crippen LogP contribution in [0.1, 0.15) is 22.3 Å². The number of fused-ring (bicyclic) bond motifs is 15. The number of hydrogen-bond donors (Lipinski definition) is 0. The number of benzene rings is 10. The minimum Gasteiger partial charge on any atom is -0.309 e. The van der Waals surface area contributed by atoms with Crippen molar-refractivity contribution in [2.45, 2.75) is 5.41 Å². The van der Waals surface area contributed by atoms with Crippen LogP contribution in [0.25, 0.3) is 106 Å². The van der Waals surface area contributed by atoms with Gasteiger partial charge in [0.25, 0.3) is 0 Å². The molecule has 0 fully saturated rings. The first kappa shape index (κ1) is 36.8. The van der Waals surface area contributed by atoms with Gasteiger partial charge in [-0.15, -0.1) is 0 Å². The lowest BCUT2D eigenvalue weighted by atomic mass is 9.69. The number of aromatic nitrogens is 3. The monoisotopic (exact) mass is 837 g/mol. The van der Waals surface area contributed by atoms with E-state index in [0.29, 0.717) is 5.82 Å². The first-order chi connectivity index (χ1) is 32.7. The first-order valence-corrected chi connectivity index (χ1v) is 22.7. The Morgan fingerprint density at radius 3 is 1.44 bits per heavy atom. The normalized spacial score (nSPS) is 13.0. The smallest absolute Gasteiger partial charge is 0.160 e. The maximum absolute atomic E-state index is 5.30. The zero-order valence-corrected chi connectivity index (χ0v) is 35.9. The van der Waals surface area contributed by atoms with E-state index >= 15 is 0 Å². The summed E-state index contributed by atoms with van der Waals surface area (Å²) in [5, 5.41) is 5.02. The molecule has 14 rings (SSSR count). The molecule has 0 bridgehead atoms. The molecule has 66 heavy (non-hydrogen) atoms. The maximum Gasteiger partial charge on any atom is 0.160 e. The Hall–Kier alpha value is -8.66. The number of para-hydroxylation sites is 2. The SMILES string of the molecule is c1ccc(-c2cc(-c3ccc(-n4c5ccccc5c5ccccc54)cc3)nc(-c3ccc(-c4cc5ccccc5c5c4-c4ccccc4C54c5ccccc5-c5ccccc54)cc3)n2)cc1. The van der Waals surface area contributed by atoms with Crippen LogP contribution in [0.5, 0.6) is 0 Å². The molecule has 0 radical (unpaired) electrons. The number of hydrogen-bond acceptors (Lipinski definition) is 2. The Morgan fingerprint density at radius 2 is 0.803 bits per heavy atom. The summed E-state index contributed by atoms with van der Waals surface area (Å²) in [5.41, 5.74) is 20.9. The van der Waals surface area contributed by atoms with Gasteiger partial charge in [-0.25, -0.2) is 9.97 Å². The second-order valence-electron chi connectivity index (χ2n) is 17.6. The van der Waals surface area contributed by atoms with Crippen LogP contribution < -0.4 is 0 Å². The average molecular weight is 838 g/mol. The third-order valence-corrected chi connectivity index (χ3v) is 14.2. The number of rotatable bonds is 5. The van der Waals surface area contributed by atoms with Gasteiger partial charge in [0.1, 0.15) is 0 Å². The van der Waals surface area contributed by atoms with E-state index in [0.717, 1.165) is 39.3 Å². The van der Waals surface area contributed by atoms with Crippen LogP contribution in [0, 0.1) is 0 Å². The molecular formula is C63H39N3.